The predicted molar refractivity (Wildman–Crippen MR) is 94.1 cm³/mol. The molecule has 0 aliphatic heterocycles. The first-order valence-corrected chi connectivity index (χ1v) is 9.38. The Morgan fingerprint density at radius 3 is 2.75 bits per heavy atom. The molecule has 1 aromatic carbocycles. The van der Waals surface area contributed by atoms with Crippen LogP contribution in [0.25, 0.3) is 0 Å². The van der Waals surface area contributed by atoms with Crippen molar-refractivity contribution in [3.05, 3.63) is 35.4 Å². The summed E-state index contributed by atoms with van der Waals surface area (Å²) in [5.74, 6) is 0.909. The molecule has 1 N–H and O–H groups in total. The van der Waals surface area contributed by atoms with Gasteiger partial charge in [-0.15, -0.1) is 5.10 Å². The summed E-state index contributed by atoms with van der Waals surface area (Å²) in [4.78, 5) is 12.0. The number of carbonyl (C=O) groups excluding carboxylic acids is 1. The van der Waals surface area contributed by atoms with Crippen LogP contribution in [0.15, 0.2) is 29.4 Å². The number of rotatable bonds is 8. The molecule has 3 rings (SSSR count). The van der Waals surface area contributed by atoms with E-state index < -0.39 is 0 Å². The molecule has 0 atom stereocenters. The van der Waals surface area contributed by atoms with Gasteiger partial charge >= 0.3 is 0 Å². The lowest BCUT2D eigenvalue weighted by Crippen LogP contribution is -2.27. The van der Waals surface area contributed by atoms with Crippen molar-refractivity contribution in [3.63, 3.8) is 0 Å². The maximum Gasteiger partial charge on any atom is 0.230 e. The maximum atomic E-state index is 12.0. The summed E-state index contributed by atoms with van der Waals surface area (Å²) in [7, 11) is 0. The predicted octanol–water partition coefficient (Wildman–Crippen LogP) is 2.58. The van der Waals surface area contributed by atoms with Crippen LogP contribution in [0.1, 0.15) is 49.8 Å². The first kappa shape index (κ1) is 17.0. The lowest BCUT2D eigenvalue weighted by molar-refractivity contribution is -0.118. The quantitative estimate of drug-likeness (QED) is 0.745. The van der Waals surface area contributed by atoms with Crippen LogP contribution in [0.2, 0.25) is 0 Å². The Balaban J connectivity index is 1.38. The number of tetrazole rings is 1. The average Bonchev–Trinajstić information content (AvgIpc) is 3.31. The van der Waals surface area contributed by atoms with Crippen molar-refractivity contribution in [2.75, 3.05) is 12.3 Å². The van der Waals surface area contributed by atoms with Gasteiger partial charge < -0.3 is 5.32 Å². The molecule has 7 heteroatoms. The van der Waals surface area contributed by atoms with Gasteiger partial charge in [0.25, 0.3) is 0 Å². The van der Waals surface area contributed by atoms with Crippen molar-refractivity contribution in [2.45, 2.75) is 50.2 Å². The Bertz CT molecular complexity index is 679. The fourth-order valence-electron chi connectivity index (χ4n) is 2.43. The Hall–Kier alpha value is -1.89. The summed E-state index contributed by atoms with van der Waals surface area (Å²) in [5, 5.41) is 15.3. The third-order valence-corrected chi connectivity index (χ3v) is 5.00. The van der Waals surface area contributed by atoms with E-state index in [9.17, 15) is 4.79 Å². The van der Waals surface area contributed by atoms with Gasteiger partial charge in [0.1, 0.15) is 0 Å². The molecule has 1 aliphatic rings. The minimum absolute atomic E-state index is 0.0177. The fraction of sp³-hybridized carbons (Fsp3) is 0.529. The topological polar surface area (TPSA) is 72.7 Å². The van der Waals surface area contributed by atoms with Gasteiger partial charge in [-0.1, -0.05) is 49.9 Å². The Morgan fingerprint density at radius 1 is 1.33 bits per heavy atom. The Kier molecular flexibility index (Phi) is 5.50. The number of benzene rings is 1. The molecule has 0 spiro atoms. The molecule has 6 nitrogen and oxygen atoms in total. The van der Waals surface area contributed by atoms with Crippen LogP contribution in [-0.4, -0.2) is 38.4 Å². The Labute approximate surface area is 146 Å². The van der Waals surface area contributed by atoms with E-state index in [-0.39, 0.29) is 5.91 Å². The monoisotopic (exact) mass is 345 g/mol. The van der Waals surface area contributed by atoms with Gasteiger partial charge in [-0.3, -0.25) is 4.79 Å². The molecule has 0 saturated heterocycles. The van der Waals surface area contributed by atoms with E-state index >= 15 is 0 Å². The van der Waals surface area contributed by atoms with Gasteiger partial charge in [0.05, 0.1) is 11.8 Å². The van der Waals surface area contributed by atoms with E-state index in [1.54, 1.807) is 0 Å². The number of thioether (sulfide) groups is 1. The number of hydrogen-bond donors (Lipinski definition) is 1. The fourth-order valence-corrected chi connectivity index (χ4v) is 3.20. The van der Waals surface area contributed by atoms with Crippen LogP contribution >= 0.6 is 11.8 Å². The van der Waals surface area contributed by atoms with E-state index in [4.69, 9.17) is 0 Å². The molecule has 1 heterocycles. The molecule has 0 bridgehead atoms. The minimum Gasteiger partial charge on any atom is -0.355 e. The van der Waals surface area contributed by atoms with E-state index in [1.165, 1.54) is 22.9 Å². The molecule has 1 amide bonds. The van der Waals surface area contributed by atoms with Gasteiger partial charge in [0.2, 0.25) is 11.1 Å². The SMILES string of the molecule is CC(C)c1ccc(CCNC(=O)CSc2nnnn2C2CC2)cc1. The molecule has 1 aliphatic carbocycles. The average molecular weight is 345 g/mol. The zero-order chi connectivity index (χ0) is 16.9. The molecule has 1 fully saturated rings. The molecule has 0 radical (unpaired) electrons. The van der Waals surface area contributed by atoms with Crippen molar-refractivity contribution in [3.8, 4) is 0 Å². The van der Waals surface area contributed by atoms with Gasteiger partial charge in [-0.2, -0.15) is 0 Å². The zero-order valence-corrected chi connectivity index (χ0v) is 14.9. The number of nitrogens with zero attached hydrogens (tertiary/aromatic N) is 4. The highest BCUT2D eigenvalue weighted by molar-refractivity contribution is 7.99. The summed E-state index contributed by atoms with van der Waals surface area (Å²) in [5.41, 5.74) is 2.58. The van der Waals surface area contributed by atoms with E-state index in [0.717, 1.165) is 24.4 Å². The second-order valence-corrected chi connectivity index (χ2v) is 7.36. The Morgan fingerprint density at radius 2 is 2.08 bits per heavy atom. The van der Waals surface area contributed by atoms with Gasteiger partial charge in [-0.05, 0) is 46.7 Å². The molecule has 1 aromatic heterocycles. The van der Waals surface area contributed by atoms with Gasteiger partial charge in [0.15, 0.2) is 0 Å². The zero-order valence-electron chi connectivity index (χ0n) is 14.1. The van der Waals surface area contributed by atoms with Crippen molar-refractivity contribution >= 4 is 17.7 Å². The van der Waals surface area contributed by atoms with E-state index in [1.807, 2.05) is 4.68 Å². The highest BCUT2D eigenvalue weighted by Gasteiger charge is 2.28. The minimum atomic E-state index is 0.0177. The van der Waals surface area contributed by atoms with Crippen LogP contribution < -0.4 is 5.32 Å². The summed E-state index contributed by atoms with van der Waals surface area (Å²) < 4.78 is 1.83. The standard InChI is InChI=1S/C17H23N5OS/c1-12(2)14-5-3-13(4-6-14)9-10-18-16(23)11-24-17-19-20-21-22(17)15-7-8-15/h3-6,12,15H,7-11H2,1-2H3,(H,18,23). The molecule has 24 heavy (non-hydrogen) atoms. The largest absolute Gasteiger partial charge is 0.355 e. The lowest BCUT2D eigenvalue weighted by atomic mass is 10.0. The number of hydrogen-bond acceptors (Lipinski definition) is 5. The third-order valence-electron chi connectivity index (χ3n) is 4.07. The number of aromatic nitrogens is 4. The summed E-state index contributed by atoms with van der Waals surface area (Å²) in [6, 6.07) is 9.03. The molecule has 2 aromatic rings. The van der Waals surface area contributed by atoms with Crippen molar-refractivity contribution in [1.29, 1.82) is 0 Å². The molecular weight excluding hydrogens is 322 g/mol. The lowest BCUT2D eigenvalue weighted by Gasteiger charge is -2.08. The van der Waals surface area contributed by atoms with E-state index in [0.29, 0.717) is 24.3 Å². The van der Waals surface area contributed by atoms with Crippen molar-refractivity contribution < 1.29 is 4.79 Å². The third kappa shape index (κ3) is 4.56. The first-order chi connectivity index (χ1) is 11.6. The highest BCUT2D eigenvalue weighted by atomic mass is 32.2. The number of carbonyl (C=O) groups is 1. The van der Waals surface area contributed by atoms with E-state index in [2.05, 4.69) is 59.0 Å². The van der Waals surface area contributed by atoms with Crippen LogP contribution in [-0.2, 0) is 11.2 Å². The molecule has 128 valence electrons. The number of nitrogens with one attached hydrogen (secondary N) is 1. The highest BCUT2D eigenvalue weighted by Crippen LogP contribution is 2.36. The van der Waals surface area contributed by atoms with Crippen LogP contribution in [0.3, 0.4) is 0 Å². The molecular formula is C17H23N5OS. The maximum absolute atomic E-state index is 12.0. The van der Waals surface area contributed by atoms with Crippen molar-refractivity contribution in [1.82, 2.24) is 25.5 Å². The van der Waals surface area contributed by atoms with Crippen LogP contribution in [0.4, 0.5) is 0 Å². The summed E-state index contributed by atoms with van der Waals surface area (Å²) in [6.45, 7) is 5.02. The van der Waals surface area contributed by atoms with Gasteiger partial charge in [-0.25, -0.2) is 4.68 Å². The molecule has 0 unspecified atom stereocenters. The number of amides is 1. The first-order valence-electron chi connectivity index (χ1n) is 8.39. The summed E-state index contributed by atoms with van der Waals surface area (Å²) >= 11 is 1.40. The normalized spacial score (nSPS) is 14.1. The molecule has 1 saturated carbocycles. The van der Waals surface area contributed by atoms with Crippen molar-refractivity contribution in [2.24, 2.45) is 0 Å². The summed E-state index contributed by atoms with van der Waals surface area (Å²) in [6.07, 6.45) is 3.09. The van der Waals surface area contributed by atoms with Crippen LogP contribution in [0.5, 0.6) is 0 Å². The smallest absolute Gasteiger partial charge is 0.230 e. The van der Waals surface area contributed by atoms with Crippen LogP contribution in [0, 0.1) is 0 Å². The van der Waals surface area contributed by atoms with Gasteiger partial charge in [0, 0.05) is 6.54 Å². The second-order valence-electron chi connectivity index (χ2n) is 6.42. The second kappa shape index (κ2) is 7.79.